The Balaban J connectivity index is 2.81. The molecule has 0 aliphatic rings. The van der Waals surface area contributed by atoms with Crippen molar-refractivity contribution < 1.29 is 17.9 Å². The first-order valence-electron chi connectivity index (χ1n) is 5.74. The van der Waals surface area contributed by atoms with Gasteiger partial charge >= 0.3 is 6.18 Å². The van der Waals surface area contributed by atoms with Crippen molar-refractivity contribution in [3.63, 3.8) is 0 Å². The largest absolute Gasteiger partial charge is 0.477 e. The first-order valence-corrected chi connectivity index (χ1v) is 6.12. The van der Waals surface area contributed by atoms with Gasteiger partial charge in [-0.3, -0.25) is 0 Å². The lowest BCUT2D eigenvalue weighted by atomic mass is 10.1. The molecule has 0 aliphatic heterocycles. The summed E-state index contributed by atoms with van der Waals surface area (Å²) in [5.41, 5.74) is -0.845. The molecule has 1 heterocycles. The van der Waals surface area contributed by atoms with Gasteiger partial charge in [-0.15, -0.1) is 0 Å². The molecular formula is C12H15ClF3NO. The molecule has 18 heavy (non-hydrogen) atoms. The van der Waals surface area contributed by atoms with Crippen LogP contribution in [-0.2, 0) is 6.18 Å². The second kappa shape index (κ2) is 6.27. The third kappa shape index (κ3) is 4.37. The maximum Gasteiger partial charge on any atom is 0.416 e. The highest BCUT2D eigenvalue weighted by atomic mass is 35.5. The van der Waals surface area contributed by atoms with Gasteiger partial charge in [0.1, 0.15) is 5.15 Å². The number of ether oxygens (including phenoxy) is 1. The van der Waals surface area contributed by atoms with Crippen LogP contribution in [0.1, 0.15) is 32.3 Å². The summed E-state index contributed by atoms with van der Waals surface area (Å²) in [5.74, 6) is 0.224. The number of hydrogen-bond donors (Lipinski definition) is 0. The fourth-order valence-corrected chi connectivity index (χ4v) is 1.64. The number of pyridine rings is 1. The van der Waals surface area contributed by atoms with Crippen LogP contribution >= 0.6 is 11.6 Å². The summed E-state index contributed by atoms with van der Waals surface area (Å²) in [6.07, 6.45) is -2.63. The molecule has 1 rings (SSSR count). The molecule has 0 N–H and O–H groups in total. The zero-order valence-electron chi connectivity index (χ0n) is 10.2. The third-order valence-electron chi connectivity index (χ3n) is 2.72. The van der Waals surface area contributed by atoms with Gasteiger partial charge in [-0.2, -0.15) is 13.2 Å². The van der Waals surface area contributed by atoms with Crippen LogP contribution < -0.4 is 4.74 Å². The summed E-state index contributed by atoms with van der Waals surface area (Å²) in [6, 6.07) is 1.65. The Bertz CT molecular complexity index is 391. The lowest BCUT2D eigenvalue weighted by Crippen LogP contribution is -2.12. The van der Waals surface area contributed by atoms with Crippen LogP contribution in [0.5, 0.6) is 5.88 Å². The van der Waals surface area contributed by atoms with E-state index in [-0.39, 0.29) is 11.0 Å². The molecule has 1 aromatic heterocycles. The van der Waals surface area contributed by atoms with E-state index in [0.717, 1.165) is 25.0 Å². The quantitative estimate of drug-likeness (QED) is 0.738. The molecule has 0 radical (unpaired) electrons. The predicted octanol–water partition coefficient (Wildman–Crippen LogP) is 4.57. The molecule has 0 fully saturated rings. The number of alkyl halides is 3. The van der Waals surface area contributed by atoms with Gasteiger partial charge in [0.05, 0.1) is 12.2 Å². The highest BCUT2D eigenvalue weighted by molar-refractivity contribution is 6.29. The Morgan fingerprint density at radius 1 is 1.28 bits per heavy atom. The van der Waals surface area contributed by atoms with Crippen LogP contribution in [0.4, 0.5) is 13.2 Å². The first-order chi connectivity index (χ1) is 8.36. The SMILES string of the molecule is CCC(CC)COc1cc(C(F)(F)F)cc(Cl)n1. The summed E-state index contributed by atoms with van der Waals surface area (Å²) in [4.78, 5) is 3.73. The Morgan fingerprint density at radius 2 is 1.89 bits per heavy atom. The average Bonchev–Trinajstić information content (AvgIpc) is 2.28. The molecule has 0 amide bonds. The summed E-state index contributed by atoms with van der Waals surface area (Å²) in [6.45, 7) is 4.35. The van der Waals surface area contributed by atoms with E-state index in [4.69, 9.17) is 16.3 Å². The van der Waals surface area contributed by atoms with E-state index >= 15 is 0 Å². The molecule has 0 aliphatic carbocycles. The molecule has 0 spiro atoms. The monoisotopic (exact) mass is 281 g/mol. The van der Waals surface area contributed by atoms with Crippen LogP contribution in [0.25, 0.3) is 0 Å². The molecule has 1 aromatic rings. The van der Waals surface area contributed by atoms with E-state index < -0.39 is 11.7 Å². The minimum Gasteiger partial charge on any atom is -0.477 e. The van der Waals surface area contributed by atoms with Crippen molar-refractivity contribution in [2.45, 2.75) is 32.9 Å². The van der Waals surface area contributed by atoms with Crippen LogP contribution in [-0.4, -0.2) is 11.6 Å². The maximum atomic E-state index is 12.5. The average molecular weight is 282 g/mol. The topological polar surface area (TPSA) is 22.1 Å². The second-order valence-electron chi connectivity index (χ2n) is 4.01. The maximum absolute atomic E-state index is 12.5. The minimum atomic E-state index is -4.44. The lowest BCUT2D eigenvalue weighted by Gasteiger charge is -2.14. The van der Waals surface area contributed by atoms with Gasteiger partial charge in [-0.25, -0.2) is 4.98 Å². The molecule has 2 nitrogen and oxygen atoms in total. The van der Waals surface area contributed by atoms with E-state index in [1.807, 2.05) is 13.8 Å². The normalized spacial score (nSPS) is 11.9. The van der Waals surface area contributed by atoms with Gasteiger partial charge in [0.2, 0.25) is 5.88 Å². The number of nitrogens with zero attached hydrogens (tertiary/aromatic N) is 1. The third-order valence-corrected chi connectivity index (χ3v) is 2.91. The number of hydrogen-bond acceptors (Lipinski definition) is 2. The Morgan fingerprint density at radius 3 is 2.39 bits per heavy atom. The van der Waals surface area contributed by atoms with Crippen LogP contribution in [0.2, 0.25) is 5.15 Å². The molecular weight excluding hydrogens is 267 g/mol. The molecule has 0 atom stereocenters. The first kappa shape index (κ1) is 15.1. The second-order valence-corrected chi connectivity index (χ2v) is 4.40. The van der Waals surface area contributed by atoms with Crippen molar-refractivity contribution in [1.29, 1.82) is 0 Å². The van der Waals surface area contributed by atoms with Crippen molar-refractivity contribution >= 4 is 11.6 Å². The van der Waals surface area contributed by atoms with Gasteiger partial charge in [0.15, 0.2) is 0 Å². The Kier molecular flexibility index (Phi) is 5.26. The summed E-state index contributed by atoms with van der Waals surface area (Å²) in [5, 5.41) is -0.218. The Hall–Kier alpha value is -0.970. The van der Waals surface area contributed by atoms with E-state index in [1.165, 1.54) is 0 Å². The van der Waals surface area contributed by atoms with Gasteiger partial charge in [-0.05, 0) is 12.0 Å². The standard InChI is InChI=1S/C12H15ClF3NO/c1-3-8(4-2)7-18-11-6-9(12(14,15)16)5-10(13)17-11/h5-6,8H,3-4,7H2,1-2H3. The fourth-order valence-electron chi connectivity index (χ4n) is 1.44. The summed E-state index contributed by atoms with van der Waals surface area (Å²) < 4.78 is 42.9. The predicted molar refractivity (Wildman–Crippen MR) is 63.8 cm³/mol. The molecule has 0 unspecified atom stereocenters. The van der Waals surface area contributed by atoms with Crippen molar-refractivity contribution in [2.24, 2.45) is 5.92 Å². The molecule has 102 valence electrons. The summed E-state index contributed by atoms with van der Waals surface area (Å²) >= 11 is 5.55. The minimum absolute atomic E-state index is 0.0817. The van der Waals surface area contributed by atoms with Crippen LogP contribution in [0.15, 0.2) is 12.1 Å². The lowest BCUT2D eigenvalue weighted by molar-refractivity contribution is -0.137. The molecule has 0 saturated heterocycles. The molecule has 6 heteroatoms. The zero-order chi connectivity index (χ0) is 13.8. The van der Waals surface area contributed by atoms with Crippen molar-refractivity contribution in [3.05, 3.63) is 22.8 Å². The van der Waals surface area contributed by atoms with Gasteiger partial charge in [0, 0.05) is 6.07 Å². The number of halogens is 4. The summed E-state index contributed by atoms with van der Waals surface area (Å²) in [7, 11) is 0. The van der Waals surface area contributed by atoms with Crippen molar-refractivity contribution in [2.75, 3.05) is 6.61 Å². The van der Waals surface area contributed by atoms with Crippen LogP contribution in [0.3, 0.4) is 0 Å². The van der Waals surface area contributed by atoms with Gasteiger partial charge < -0.3 is 4.74 Å². The van der Waals surface area contributed by atoms with Crippen molar-refractivity contribution in [3.8, 4) is 5.88 Å². The smallest absolute Gasteiger partial charge is 0.416 e. The molecule has 0 bridgehead atoms. The van der Waals surface area contributed by atoms with Crippen LogP contribution in [0, 0.1) is 5.92 Å². The zero-order valence-corrected chi connectivity index (χ0v) is 11.0. The Labute approximate surface area is 109 Å². The molecule has 0 saturated carbocycles. The van der Waals surface area contributed by atoms with Gasteiger partial charge in [0.25, 0.3) is 0 Å². The van der Waals surface area contributed by atoms with Gasteiger partial charge in [-0.1, -0.05) is 38.3 Å². The van der Waals surface area contributed by atoms with Crippen molar-refractivity contribution in [1.82, 2.24) is 4.98 Å². The molecule has 0 aromatic carbocycles. The number of rotatable bonds is 5. The van der Waals surface area contributed by atoms with E-state index in [2.05, 4.69) is 4.98 Å². The number of aromatic nitrogens is 1. The fraction of sp³-hybridized carbons (Fsp3) is 0.583. The highest BCUT2D eigenvalue weighted by Gasteiger charge is 2.31. The van der Waals surface area contributed by atoms with E-state index in [0.29, 0.717) is 12.5 Å². The highest BCUT2D eigenvalue weighted by Crippen LogP contribution is 2.32. The van der Waals surface area contributed by atoms with E-state index in [1.54, 1.807) is 0 Å². The van der Waals surface area contributed by atoms with E-state index in [9.17, 15) is 13.2 Å².